The molecule has 16 heteroatoms. The van der Waals surface area contributed by atoms with Crippen molar-refractivity contribution in [2.24, 2.45) is 5.92 Å². The lowest BCUT2D eigenvalue weighted by atomic mass is 9.93. The van der Waals surface area contributed by atoms with E-state index in [1.54, 1.807) is 36.4 Å². The second-order valence-electron chi connectivity index (χ2n) is 13.7. The molecule has 0 amide bonds. The van der Waals surface area contributed by atoms with E-state index < -0.39 is 30.4 Å². The van der Waals surface area contributed by atoms with Crippen molar-refractivity contribution in [3.05, 3.63) is 138 Å². The molecular formula is C40H44N4O9S3. The summed E-state index contributed by atoms with van der Waals surface area (Å²) >= 11 is 0. The summed E-state index contributed by atoms with van der Waals surface area (Å²) in [6.45, 7) is 9.05. The number of benzene rings is 4. The van der Waals surface area contributed by atoms with Crippen LogP contribution in [0.1, 0.15) is 16.7 Å². The number of pyridine rings is 1. The SMILES string of the molecule is CN1C[C@@H]2CN(c3cncc(-c4ccc5cc[nH]c5c4)c3)C[C@@H]21.Cc1ccc(S(=O)(=O)O)cc1.Cc1ccc(S(=O)(=O)O)cc1.Cc1ccc(S(=O)(=O)O)cc1. The van der Waals surface area contributed by atoms with Crippen LogP contribution >= 0.6 is 0 Å². The van der Waals surface area contributed by atoms with Crippen molar-refractivity contribution in [1.29, 1.82) is 0 Å². The Hall–Kier alpha value is -4.94. The third-order valence-corrected chi connectivity index (χ3v) is 12.0. The number of rotatable bonds is 5. The summed E-state index contributed by atoms with van der Waals surface area (Å²) in [7, 11) is -9.83. The molecule has 0 saturated carbocycles. The predicted octanol–water partition coefficient (Wildman–Crippen LogP) is 6.71. The zero-order valence-corrected chi connectivity index (χ0v) is 33.6. The molecule has 8 rings (SSSR count). The van der Waals surface area contributed by atoms with Crippen LogP contribution < -0.4 is 4.90 Å². The molecule has 4 N–H and O–H groups in total. The fourth-order valence-electron chi connectivity index (χ4n) is 6.23. The van der Waals surface area contributed by atoms with Crippen LogP contribution in [0.5, 0.6) is 0 Å². The lowest BCUT2D eigenvalue weighted by Gasteiger charge is -2.40. The van der Waals surface area contributed by atoms with Gasteiger partial charge in [0.05, 0.1) is 26.6 Å². The van der Waals surface area contributed by atoms with E-state index in [2.05, 4.69) is 57.1 Å². The Labute approximate surface area is 327 Å². The van der Waals surface area contributed by atoms with Crippen LogP contribution in [0.15, 0.2) is 136 Å². The van der Waals surface area contributed by atoms with Crippen LogP contribution in [0.3, 0.4) is 0 Å². The van der Waals surface area contributed by atoms with Gasteiger partial charge in [-0.15, -0.1) is 0 Å². The highest BCUT2D eigenvalue weighted by Gasteiger charge is 2.43. The average molecular weight is 821 g/mol. The van der Waals surface area contributed by atoms with Crippen molar-refractivity contribution in [2.75, 3.05) is 31.6 Å². The fraction of sp³-hybridized carbons (Fsp3) is 0.225. The number of H-pyrrole nitrogens is 1. The molecule has 296 valence electrons. The smallest absolute Gasteiger partial charge is 0.294 e. The van der Waals surface area contributed by atoms with Crippen molar-refractivity contribution in [2.45, 2.75) is 41.5 Å². The highest BCUT2D eigenvalue weighted by Crippen LogP contribution is 2.35. The first-order chi connectivity index (χ1) is 26.3. The summed E-state index contributed by atoms with van der Waals surface area (Å²) in [6.07, 6.45) is 5.95. The molecule has 0 spiro atoms. The summed E-state index contributed by atoms with van der Waals surface area (Å²) in [5.41, 5.74) is 7.69. The maximum Gasteiger partial charge on any atom is 0.294 e. The summed E-state index contributed by atoms with van der Waals surface area (Å²) < 4.78 is 88.7. The van der Waals surface area contributed by atoms with Gasteiger partial charge >= 0.3 is 0 Å². The van der Waals surface area contributed by atoms with Crippen molar-refractivity contribution >= 4 is 46.9 Å². The number of likely N-dealkylation sites (N-methyl/N-ethyl adjacent to an activating group) is 1. The van der Waals surface area contributed by atoms with Gasteiger partial charge in [0.1, 0.15) is 0 Å². The summed E-state index contributed by atoms with van der Waals surface area (Å²) in [5.74, 6) is 0.832. The molecule has 2 aromatic heterocycles. The van der Waals surface area contributed by atoms with E-state index in [0.717, 1.165) is 41.7 Å². The van der Waals surface area contributed by atoms with Gasteiger partial charge in [-0.2, -0.15) is 25.3 Å². The fourth-order valence-corrected chi connectivity index (χ4v) is 7.67. The number of aromatic amines is 1. The molecule has 4 heterocycles. The summed E-state index contributed by atoms with van der Waals surface area (Å²) in [4.78, 5) is 12.5. The predicted molar refractivity (Wildman–Crippen MR) is 217 cm³/mol. The van der Waals surface area contributed by atoms with Crippen molar-refractivity contribution in [3.63, 3.8) is 0 Å². The van der Waals surface area contributed by atoms with Crippen molar-refractivity contribution in [1.82, 2.24) is 14.9 Å². The van der Waals surface area contributed by atoms with E-state index in [1.165, 1.54) is 70.7 Å². The first-order valence-corrected chi connectivity index (χ1v) is 21.7. The van der Waals surface area contributed by atoms with Crippen LogP contribution in [-0.4, -0.2) is 86.5 Å². The summed E-state index contributed by atoms with van der Waals surface area (Å²) in [6, 6.07) is 29.6. The van der Waals surface area contributed by atoms with Gasteiger partial charge in [-0.1, -0.05) is 65.2 Å². The van der Waals surface area contributed by atoms with Crippen LogP contribution in [0.4, 0.5) is 5.69 Å². The number of hydrogen-bond acceptors (Lipinski definition) is 9. The van der Waals surface area contributed by atoms with E-state index in [-0.39, 0.29) is 14.7 Å². The number of nitrogens with zero attached hydrogens (tertiary/aromatic N) is 3. The van der Waals surface area contributed by atoms with E-state index in [0.29, 0.717) is 0 Å². The lowest BCUT2D eigenvalue weighted by molar-refractivity contribution is 0.0827. The number of hydrogen-bond donors (Lipinski definition) is 4. The Kier molecular flexibility index (Phi) is 13.2. The first kappa shape index (κ1) is 42.2. The molecule has 2 atom stereocenters. The van der Waals surface area contributed by atoms with Crippen molar-refractivity contribution in [3.8, 4) is 11.1 Å². The zero-order chi connectivity index (χ0) is 40.8. The van der Waals surface area contributed by atoms with Crippen LogP contribution in [0, 0.1) is 26.7 Å². The Morgan fingerprint density at radius 1 is 0.589 bits per heavy atom. The molecule has 2 saturated heterocycles. The molecule has 2 fully saturated rings. The van der Waals surface area contributed by atoms with Crippen molar-refractivity contribution < 1.29 is 38.9 Å². The monoisotopic (exact) mass is 820 g/mol. The molecule has 13 nitrogen and oxygen atoms in total. The maximum atomic E-state index is 10.5. The quantitative estimate of drug-likeness (QED) is 0.134. The Bertz CT molecular complexity index is 2420. The number of likely N-dealkylation sites (tertiary alicyclic amines) is 1. The largest absolute Gasteiger partial charge is 0.368 e. The molecule has 0 radical (unpaired) electrons. The molecular weight excluding hydrogens is 777 g/mol. The van der Waals surface area contributed by atoms with Gasteiger partial charge in [0, 0.05) is 55.1 Å². The topological polar surface area (TPSA) is 198 Å². The molecule has 6 aromatic rings. The van der Waals surface area contributed by atoms with Crippen LogP contribution in [-0.2, 0) is 30.4 Å². The van der Waals surface area contributed by atoms with E-state index in [1.807, 2.05) is 39.4 Å². The maximum absolute atomic E-state index is 10.5. The number of fused-ring (bicyclic) bond motifs is 2. The van der Waals surface area contributed by atoms with Gasteiger partial charge in [0.25, 0.3) is 30.4 Å². The van der Waals surface area contributed by atoms with Gasteiger partial charge in [0.15, 0.2) is 0 Å². The normalized spacial score (nSPS) is 16.6. The molecule has 4 aromatic carbocycles. The minimum absolute atomic E-state index is 0.0666. The van der Waals surface area contributed by atoms with Crippen LogP contribution in [0.2, 0.25) is 0 Å². The highest BCUT2D eigenvalue weighted by atomic mass is 32.2. The number of nitrogens with one attached hydrogen (secondary N) is 1. The number of aryl methyl sites for hydroxylation is 3. The number of anilines is 1. The van der Waals surface area contributed by atoms with E-state index >= 15 is 0 Å². The molecule has 2 aliphatic heterocycles. The Balaban J connectivity index is 0.000000155. The van der Waals surface area contributed by atoms with E-state index in [4.69, 9.17) is 13.7 Å². The van der Waals surface area contributed by atoms with Gasteiger partial charge in [0.2, 0.25) is 0 Å². The third kappa shape index (κ3) is 11.3. The minimum Gasteiger partial charge on any atom is -0.368 e. The van der Waals surface area contributed by atoms with Gasteiger partial charge in [-0.05, 0) is 93.4 Å². The van der Waals surface area contributed by atoms with Gasteiger partial charge in [-0.25, -0.2) is 0 Å². The lowest BCUT2D eigenvalue weighted by Crippen LogP contribution is -2.52. The zero-order valence-electron chi connectivity index (χ0n) is 31.2. The average Bonchev–Trinajstić information content (AvgIpc) is 3.76. The molecule has 56 heavy (non-hydrogen) atoms. The molecule has 0 bridgehead atoms. The van der Waals surface area contributed by atoms with Gasteiger partial charge in [-0.3, -0.25) is 18.6 Å². The Morgan fingerprint density at radius 2 is 1.07 bits per heavy atom. The minimum atomic E-state index is -4.02. The summed E-state index contributed by atoms with van der Waals surface area (Å²) in [5, 5.41) is 1.25. The second-order valence-corrected chi connectivity index (χ2v) is 18.0. The standard InChI is InChI=1S/C19H20N4.3C7H8O3S/c1-22-10-16-11-23(12-19(16)22)17-6-15(8-20-9-17)14-3-2-13-4-5-21-18(13)7-14;3*1-6-2-4-7(5-3-6)11(8,9)10/h2-9,16,19,21H,10-12H2,1H3;3*2-5H,1H3,(H,8,9,10)/t16-,19+;;;/m1.../s1. The van der Waals surface area contributed by atoms with Gasteiger partial charge < -0.3 is 14.8 Å². The highest BCUT2D eigenvalue weighted by molar-refractivity contribution is 7.86. The molecule has 0 aliphatic carbocycles. The Morgan fingerprint density at radius 3 is 1.50 bits per heavy atom. The number of aromatic nitrogens is 2. The van der Waals surface area contributed by atoms with Crippen LogP contribution in [0.25, 0.3) is 22.0 Å². The molecule has 2 aliphatic rings. The van der Waals surface area contributed by atoms with E-state index in [9.17, 15) is 25.3 Å². The third-order valence-electron chi connectivity index (χ3n) is 9.43. The molecule has 0 unspecified atom stereocenters. The first-order valence-electron chi connectivity index (χ1n) is 17.4. The second kappa shape index (κ2) is 17.5.